The van der Waals surface area contributed by atoms with E-state index >= 15 is 0 Å². The first-order chi connectivity index (χ1) is 7.41. The zero-order chi connectivity index (χ0) is 15.4. The highest BCUT2D eigenvalue weighted by Crippen LogP contribution is 2.30. The molecule has 0 spiro atoms. The lowest BCUT2D eigenvalue weighted by molar-refractivity contribution is 1.85. The van der Waals surface area contributed by atoms with E-state index in [-0.39, 0.29) is 0 Å². The Morgan fingerprint density at radius 1 is 0.333 bits per heavy atom. The Bertz CT molecular complexity index is 178. The van der Waals surface area contributed by atoms with Crippen LogP contribution in [-0.4, -0.2) is 28.9 Å². The number of hydrogen-bond acceptors (Lipinski definition) is 2. The lowest BCUT2D eigenvalue weighted by Gasteiger charge is -2.25. The third kappa shape index (κ3) is 26.2. The van der Waals surface area contributed by atoms with Gasteiger partial charge in [0.25, 0.3) is 0 Å². The molecule has 0 saturated heterocycles. The van der Waals surface area contributed by atoms with E-state index in [0.717, 1.165) is 0 Å². The first-order valence-corrected chi connectivity index (χ1v) is 25.3. The van der Waals surface area contributed by atoms with Crippen molar-refractivity contribution >= 4 is 50.2 Å². The molecule has 0 bridgehead atoms. The Morgan fingerprint density at radius 2 is 0.444 bits per heavy atom. The number of rotatable bonds is 4. The van der Waals surface area contributed by atoms with Gasteiger partial charge in [0.05, 0.1) is 0 Å². The maximum atomic E-state index is 2.43. The van der Waals surface area contributed by atoms with Gasteiger partial charge < -0.3 is 0 Å². The van der Waals surface area contributed by atoms with Crippen molar-refractivity contribution in [3.63, 3.8) is 0 Å². The fraction of sp³-hybridized carbons (Fsp3) is 1.00. The molecule has 0 unspecified atom stereocenters. The van der Waals surface area contributed by atoms with E-state index in [9.17, 15) is 0 Å². The molecule has 0 aromatic rings. The lowest BCUT2D eigenvalue weighted by Crippen LogP contribution is -2.27. The predicted molar refractivity (Wildman–Crippen MR) is 109 cm³/mol. The Hall–Kier alpha value is 1.57. The highest BCUT2D eigenvalue weighted by molar-refractivity contribution is 8.50. The minimum atomic E-state index is -0.814. The smallest absolute Gasteiger partial charge is 0.101 e. The van der Waals surface area contributed by atoms with Gasteiger partial charge in [-0.2, -0.15) is 0 Å². The van der Waals surface area contributed by atoms with Crippen molar-refractivity contribution < 1.29 is 0 Å². The van der Waals surface area contributed by atoms with Crippen molar-refractivity contribution in [2.45, 2.75) is 78.6 Å². The quantitative estimate of drug-likeness (QED) is 0.509. The molecule has 0 aliphatic rings. The van der Waals surface area contributed by atoms with Crippen LogP contribution in [0.1, 0.15) is 0 Å². The van der Waals surface area contributed by atoms with Crippen LogP contribution in [-0.2, 0) is 0 Å². The summed E-state index contributed by atoms with van der Waals surface area (Å²) in [6, 6.07) is 0. The molecule has 18 heavy (non-hydrogen) atoms. The van der Waals surface area contributed by atoms with E-state index in [0.29, 0.717) is 0 Å². The normalized spacial score (nSPS) is 14.0. The molecule has 0 amide bonds. The summed E-state index contributed by atoms with van der Waals surface area (Å²) in [4.78, 5) is 0. The second kappa shape index (κ2) is 7.54. The second-order valence-electron chi connectivity index (χ2n) is 8.65. The van der Waals surface area contributed by atoms with E-state index < -0.39 is 28.9 Å². The van der Waals surface area contributed by atoms with Gasteiger partial charge in [0.1, 0.15) is 28.9 Å². The van der Waals surface area contributed by atoms with Gasteiger partial charge in [0.15, 0.2) is 0 Å². The van der Waals surface area contributed by atoms with Crippen LogP contribution in [0.15, 0.2) is 0 Å². The summed E-state index contributed by atoms with van der Waals surface area (Å²) in [6.45, 7) is 29.1. The Balaban J connectivity index is 0. The molecule has 0 aromatic carbocycles. The van der Waals surface area contributed by atoms with Crippen LogP contribution in [0.25, 0.3) is 0 Å². The summed E-state index contributed by atoms with van der Waals surface area (Å²) in [5.74, 6) is 0. The lowest BCUT2D eigenvalue weighted by atomic mass is 11.8. The third-order valence-corrected chi connectivity index (χ3v) is 33.1. The van der Waals surface area contributed by atoms with Gasteiger partial charge in [-0.15, -0.1) is 0 Å². The fourth-order valence-electron chi connectivity index (χ4n) is 1.84. The highest BCUT2D eigenvalue weighted by atomic mass is 32.5. The molecule has 0 heterocycles. The van der Waals surface area contributed by atoms with Crippen LogP contribution in [0, 0.1) is 0 Å². The summed E-state index contributed by atoms with van der Waals surface area (Å²) >= 11 is 0. The molecule has 0 aromatic heterocycles. The molecule has 0 N–H and O–H groups in total. The van der Waals surface area contributed by atoms with Gasteiger partial charge in [0.2, 0.25) is 0 Å². The molecule has 112 valence electrons. The zero-order valence-corrected chi connectivity index (χ0v) is 20.4. The minimum Gasteiger partial charge on any atom is -0.206 e. The van der Waals surface area contributed by atoms with Crippen molar-refractivity contribution in [3.8, 4) is 0 Å². The Morgan fingerprint density at radius 3 is 0.444 bits per heavy atom. The maximum Gasteiger partial charge on any atom is 0.101 e. The molecule has 0 saturated carbocycles. The van der Waals surface area contributed by atoms with Crippen LogP contribution in [0.2, 0.25) is 78.6 Å². The van der Waals surface area contributed by atoms with Gasteiger partial charge in [-0.25, -0.2) is 21.3 Å². The van der Waals surface area contributed by atoms with Crippen LogP contribution in [0.5, 0.6) is 0 Å². The topological polar surface area (TPSA) is 0 Å². The third-order valence-electron chi connectivity index (χ3n) is 1.22. The van der Waals surface area contributed by atoms with Gasteiger partial charge in [0, 0.05) is 0 Å². The monoisotopic (exact) mass is 356 g/mol. The van der Waals surface area contributed by atoms with Crippen molar-refractivity contribution in [2.75, 3.05) is 0 Å². The Kier molecular flexibility index (Phi) is 9.16. The van der Waals surface area contributed by atoms with E-state index in [1.807, 2.05) is 0 Å². The molecule has 0 radical (unpaired) electrons. The largest absolute Gasteiger partial charge is 0.206 e. The van der Waals surface area contributed by atoms with E-state index in [4.69, 9.17) is 0 Å². The van der Waals surface area contributed by atoms with Crippen LogP contribution < -0.4 is 0 Å². The van der Waals surface area contributed by atoms with E-state index in [1.165, 1.54) is 0 Å². The standard InChI is InChI=1S/2C6H18SSi2/c2*1-8(2,3)7-9(4,5)6/h2*1-6H3. The molecule has 0 nitrogen and oxygen atoms in total. The van der Waals surface area contributed by atoms with Gasteiger partial charge in [-0.05, 0) is 0 Å². The molecular weight excluding hydrogens is 321 g/mol. The van der Waals surface area contributed by atoms with Gasteiger partial charge in [-0.1, -0.05) is 78.6 Å². The average molecular weight is 357 g/mol. The van der Waals surface area contributed by atoms with Crippen molar-refractivity contribution in [1.82, 2.24) is 0 Å². The van der Waals surface area contributed by atoms with E-state index in [1.54, 1.807) is 0 Å². The van der Waals surface area contributed by atoms with Crippen molar-refractivity contribution in [2.24, 2.45) is 0 Å². The van der Waals surface area contributed by atoms with Crippen molar-refractivity contribution in [1.29, 1.82) is 0 Å². The molecule has 0 aliphatic heterocycles. The highest BCUT2D eigenvalue weighted by Gasteiger charge is 2.24. The summed E-state index contributed by atoms with van der Waals surface area (Å²) in [5.41, 5.74) is 0. The molecule has 0 fully saturated rings. The summed E-state index contributed by atoms with van der Waals surface area (Å²) in [7, 11) is 1.33. The fourth-order valence-corrected chi connectivity index (χ4v) is 49.6. The van der Waals surface area contributed by atoms with Crippen LogP contribution in [0.3, 0.4) is 0 Å². The average Bonchev–Trinajstić information content (AvgIpc) is 1.64. The second-order valence-corrected chi connectivity index (χ2v) is 45.6. The molecule has 0 aliphatic carbocycles. The summed E-state index contributed by atoms with van der Waals surface area (Å²) in [6.07, 6.45) is 0. The van der Waals surface area contributed by atoms with E-state index in [2.05, 4.69) is 99.9 Å². The molecule has 6 heteroatoms. The first-order valence-electron chi connectivity index (χ1n) is 6.82. The predicted octanol–water partition coefficient (Wildman–Crippen LogP) is 6.78. The first kappa shape index (κ1) is 21.9. The van der Waals surface area contributed by atoms with Crippen molar-refractivity contribution in [3.05, 3.63) is 0 Å². The maximum absolute atomic E-state index is 2.43. The molecular formula is C12H36S2Si4. The SMILES string of the molecule is C[Si](C)(C)S[Si](C)(C)C.C[Si](C)(C)S[Si](C)(C)C. The number of hydrogen-bond donors (Lipinski definition) is 0. The zero-order valence-electron chi connectivity index (χ0n) is 14.8. The summed E-state index contributed by atoms with van der Waals surface area (Å²) in [5, 5.41) is 0. The van der Waals surface area contributed by atoms with Crippen LogP contribution in [0.4, 0.5) is 0 Å². The summed E-state index contributed by atoms with van der Waals surface area (Å²) < 4.78 is 0. The van der Waals surface area contributed by atoms with Gasteiger partial charge >= 0.3 is 0 Å². The van der Waals surface area contributed by atoms with Crippen LogP contribution >= 0.6 is 21.3 Å². The van der Waals surface area contributed by atoms with Gasteiger partial charge in [-0.3, -0.25) is 0 Å². The molecule has 0 atom stereocenters. The minimum absolute atomic E-state index is 0.814. The molecule has 0 rings (SSSR count). The Labute approximate surface area is 128 Å².